The Labute approximate surface area is 168 Å². The first kappa shape index (κ1) is 19.1. The third kappa shape index (κ3) is 4.00. The molecule has 0 aromatic heterocycles. The minimum atomic E-state index is -0.501. The Hall–Kier alpha value is -3.19. The van der Waals surface area contributed by atoms with Crippen molar-refractivity contribution in [2.45, 2.75) is 32.1 Å². The Morgan fingerprint density at radius 1 is 1.03 bits per heavy atom. The molecule has 7 nitrogen and oxygen atoms in total. The lowest BCUT2D eigenvalue weighted by Crippen LogP contribution is -2.42. The number of nitrogens with zero attached hydrogens (tertiary/aromatic N) is 2. The van der Waals surface area contributed by atoms with Crippen molar-refractivity contribution in [3.8, 4) is 0 Å². The van der Waals surface area contributed by atoms with Gasteiger partial charge in [-0.3, -0.25) is 14.5 Å². The van der Waals surface area contributed by atoms with Crippen LogP contribution in [-0.2, 0) is 17.9 Å². The van der Waals surface area contributed by atoms with Gasteiger partial charge in [0.1, 0.15) is 6.61 Å². The number of aliphatic hydroxyl groups excluding tert-OH is 1. The van der Waals surface area contributed by atoms with Crippen LogP contribution in [0.15, 0.2) is 48.5 Å². The highest BCUT2D eigenvalue weighted by Gasteiger charge is 2.35. The summed E-state index contributed by atoms with van der Waals surface area (Å²) in [4.78, 5) is 40.0. The number of piperidine rings is 1. The number of hydrogen-bond donors (Lipinski definition) is 1. The molecule has 2 aromatic carbocycles. The Morgan fingerprint density at radius 3 is 2.41 bits per heavy atom. The van der Waals surface area contributed by atoms with Crippen LogP contribution < -0.4 is 0 Å². The van der Waals surface area contributed by atoms with Crippen LogP contribution in [0.4, 0.5) is 4.79 Å². The van der Waals surface area contributed by atoms with Gasteiger partial charge in [0.05, 0.1) is 23.8 Å². The Kier molecular flexibility index (Phi) is 5.31. The summed E-state index contributed by atoms with van der Waals surface area (Å²) < 4.78 is 5.36. The van der Waals surface area contributed by atoms with E-state index in [9.17, 15) is 19.5 Å². The minimum absolute atomic E-state index is 0.0847. The number of likely N-dealkylation sites (tertiary alicyclic amines) is 1. The predicted molar refractivity (Wildman–Crippen MR) is 104 cm³/mol. The molecule has 3 amide bonds. The topological polar surface area (TPSA) is 87.2 Å². The summed E-state index contributed by atoms with van der Waals surface area (Å²) in [5.41, 5.74) is 2.39. The summed E-state index contributed by atoms with van der Waals surface area (Å²) in [6.07, 6.45) is 0.504. The van der Waals surface area contributed by atoms with Gasteiger partial charge in [-0.25, -0.2) is 4.79 Å². The first-order valence-electron chi connectivity index (χ1n) is 9.66. The van der Waals surface area contributed by atoms with Crippen LogP contribution in [0.25, 0.3) is 0 Å². The lowest BCUT2D eigenvalue weighted by Gasteiger charge is -2.29. The molecular formula is C22H22N2O5. The molecule has 2 aliphatic heterocycles. The summed E-state index contributed by atoms with van der Waals surface area (Å²) in [5, 5.41) is 9.68. The molecule has 0 radical (unpaired) electrons. The molecule has 1 fully saturated rings. The molecular weight excluding hydrogens is 372 g/mol. The SMILES string of the molecule is O=C(OCc1cccc(CN2C(=O)c3ccccc3C2=O)c1)N1CCCC(O)C1. The van der Waals surface area contributed by atoms with E-state index in [-0.39, 0.29) is 25.0 Å². The molecule has 1 unspecified atom stereocenters. The smallest absolute Gasteiger partial charge is 0.410 e. The fraction of sp³-hybridized carbons (Fsp3) is 0.318. The number of imide groups is 1. The van der Waals surface area contributed by atoms with E-state index < -0.39 is 12.2 Å². The predicted octanol–water partition coefficient (Wildman–Crippen LogP) is 2.58. The Morgan fingerprint density at radius 2 is 1.72 bits per heavy atom. The summed E-state index contributed by atoms with van der Waals surface area (Å²) in [6, 6.07) is 14.1. The number of hydrogen-bond acceptors (Lipinski definition) is 5. The molecule has 7 heteroatoms. The van der Waals surface area contributed by atoms with Gasteiger partial charge in [-0.05, 0) is 36.1 Å². The number of fused-ring (bicyclic) bond motifs is 1. The molecule has 29 heavy (non-hydrogen) atoms. The van der Waals surface area contributed by atoms with Gasteiger partial charge in [-0.1, -0.05) is 36.4 Å². The Bertz CT molecular complexity index is 923. The zero-order valence-electron chi connectivity index (χ0n) is 15.9. The number of benzene rings is 2. The normalized spacial score (nSPS) is 18.7. The van der Waals surface area contributed by atoms with Crippen molar-refractivity contribution in [1.29, 1.82) is 0 Å². The maximum Gasteiger partial charge on any atom is 0.410 e. The van der Waals surface area contributed by atoms with Gasteiger partial charge in [0, 0.05) is 13.1 Å². The van der Waals surface area contributed by atoms with Gasteiger partial charge in [-0.2, -0.15) is 0 Å². The fourth-order valence-electron chi connectivity index (χ4n) is 3.74. The second-order valence-corrected chi connectivity index (χ2v) is 7.36. The van der Waals surface area contributed by atoms with Crippen LogP contribution in [0, 0.1) is 0 Å². The number of ether oxygens (including phenoxy) is 1. The van der Waals surface area contributed by atoms with E-state index in [1.165, 1.54) is 9.80 Å². The maximum atomic E-state index is 12.5. The number of β-amino-alcohol motifs (C(OH)–C–C–N with tert-alkyl or cyclic N) is 1. The largest absolute Gasteiger partial charge is 0.445 e. The van der Waals surface area contributed by atoms with E-state index >= 15 is 0 Å². The van der Waals surface area contributed by atoms with Crippen molar-refractivity contribution >= 4 is 17.9 Å². The van der Waals surface area contributed by atoms with Crippen LogP contribution in [0.2, 0.25) is 0 Å². The summed E-state index contributed by atoms with van der Waals surface area (Å²) in [6.45, 7) is 1.11. The standard InChI is InChI=1S/C22H22N2O5/c25-17-7-4-10-23(13-17)22(28)29-14-16-6-3-5-15(11-16)12-24-20(26)18-8-1-2-9-19(18)21(24)27/h1-3,5-6,8-9,11,17,25H,4,7,10,12-14H2. The van der Waals surface area contributed by atoms with Gasteiger partial charge in [0.25, 0.3) is 11.8 Å². The second kappa shape index (κ2) is 8.05. The van der Waals surface area contributed by atoms with E-state index in [0.717, 1.165) is 17.5 Å². The molecule has 0 spiro atoms. The van der Waals surface area contributed by atoms with E-state index in [1.54, 1.807) is 30.3 Å². The fourth-order valence-corrected chi connectivity index (χ4v) is 3.74. The molecule has 1 N–H and O–H groups in total. The van der Waals surface area contributed by atoms with Crippen LogP contribution in [0.5, 0.6) is 0 Å². The molecule has 4 rings (SSSR count). The molecule has 2 aromatic rings. The molecule has 0 saturated carbocycles. The van der Waals surface area contributed by atoms with Crippen molar-refractivity contribution in [3.05, 3.63) is 70.8 Å². The average molecular weight is 394 g/mol. The monoisotopic (exact) mass is 394 g/mol. The number of amides is 3. The van der Waals surface area contributed by atoms with Gasteiger partial charge < -0.3 is 14.7 Å². The van der Waals surface area contributed by atoms with Crippen LogP contribution in [0.1, 0.15) is 44.7 Å². The molecule has 1 saturated heterocycles. The molecule has 0 aliphatic carbocycles. The third-order valence-electron chi connectivity index (χ3n) is 5.23. The second-order valence-electron chi connectivity index (χ2n) is 7.36. The average Bonchev–Trinajstić information content (AvgIpc) is 2.97. The molecule has 2 heterocycles. The molecule has 1 atom stereocenters. The molecule has 0 bridgehead atoms. The highest BCUT2D eigenvalue weighted by molar-refractivity contribution is 6.21. The van der Waals surface area contributed by atoms with Gasteiger partial charge >= 0.3 is 6.09 Å². The molecule has 2 aliphatic rings. The lowest BCUT2D eigenvalue weighted by atomic mass is 10.1. The summed E-state index contributed by atoms with van der Waals surface area (Å²) in [7, 11) is 0. The lowest BCUT2D eigenvalue weighted by molar-refractivity contribution is 0.0461. The first-order valence-corrected chi connectivity index (χ1v) is 9.66. The van der Waals surface area contributed by atoms with E-state index in [4.69, 9.17) is 4.74 Å². The van der Waals surface area contributed by atoms with Crippen molar-refractivity contribution in [2.24, 2.45) is 0 Å². The maximum absolute atomic E-state index is 12.5. The van der Waals surface area contributed by atoms with Crippen molar-refractivity contribution in [2.75, 3.05) is 13.1 Å². The van der Waals surface area contributed by atoms with Crippen LogP contribution in [0.3, 0.4) is 0 Å². The van der Waals surface area contributed by atoms with E-state index in [1.807, 2.05) is 18.2 Å². The Balaban J connectivity index is 1.39. The number of rotatable bonds is 4. The number of carbonyl (C=O) groups excluding carboxylic acids is 3. The van der Waals surface area contributed by atoms with Gasteiger partial charge in [-0.15, -0.1) is 0 Å². The van der Waals surface area contributed by atoms with Crippen molar-refractivity contribution in [3.63, 3.8) is 0 Å². The quantitative estimate of drug-likeness (QED) is 0.806. The highest BCUT2D eigenvalue weighted by Crippen LogP contribution is 2.24. The zero-order valence-corrected chi connectivity index (χ0v) is 15.9. The van der Waals surface area contributed by atoms with Crippen molar-refractivity contribution in [1.82, 2.24) is 9.80 Å². The van der Waals surface area contributed by atoms with E-state index in [0.29, 0.717) is 30.6 Å². The molecule has 150 valence electrons. The van der Waals surface area contributed by atoms with Crippen molar-refractivity contribution < 1.29 is 24.2 Å². The van der Waals surface area contributed by atoms with E-state index in [2.05, 4.69) is 0 Å². The minimum Gasteiger partial charge on any atom is -0.445 e. The van der Waals surface area contributed by atoms with Crippen LogP contribution >= 0.6 is 0 Å². The summed E-state index contributed by atoms with van der Waals surface area (Å²) in [5.74, 6) is -0.600. The highest BCUT2D eigenvalue weighted by atomic mass is 16.6. The third-order valence-corrected chi connectivity index (χ3v) is 5.23. The number of aliphatic hydroxyl groups is 1. The zero-order chi connectivity index (χ0) is 20.4. The van der Waals surface area contributed by atoms with Crippen LogP contribution in [-0.4, -0.2) is 52.0 Å². The first-order chi connectivity index (χ1) is 14.0. The number of carbonyl (C=O) groups is 3. The van der Waals surface area contributed by atoms with Gasteiger partial charge in [0.2, 0.25) is 0 Å². The summed E-state index contributed by atoms with van der Waals surface area (Å²) >= 11 is 0. The van der Waals surface area contributed by atoms with Gasteiger partial charge in [0.15, 0.2) is 0 Å².